The molecule has 3 N–H and O–H groups in total. The highest BCUT2D eigenvalue weighted by atomic mass is 16.6. The van der Waals surface area contributed by atoms with Crippen LogP contribution in [0.3, 0.4) is 0 Å². The number of carbonyl (C=O) groups is 3. The molecule has 0 spiro atoms. The molecule has 0 heterocycles. The van der Waals surface area contributed by atoms with Gasteiger partial charge in [0.15, 0.2) is 6.04 Å². The van der Waals surface area contributed by atoms with Crippen LogP contribution in [0.4, 0.5) is 4.79 Å². The van der Waals surface area contributed by atoms with Crippen molar-refractivity contribution in [1.29, 1.82) is 0 Å². The summed E-state index contributed by atoms with van der Waals surface area (Å²) >= 11 is 0. The Bertz CT molecular complexity index is 292. The Kier molecular flexibility index (Phi) is 8.29. The zero-order chi connectivity index (χ0) is 14.0. The molecule has 1 amide bonds. The summed E-state index contributed by atoms with van der Waals surface area (Å²) in [6, 6.07) is -1.42. The standard InChI is InChI=1S/C10H17NO7/c1-2-3-8(13)17-4-5-18-10(16)11-7(6-12)9(14)15/h7,12H,2-6H2,1H3,(H,11,16)(H,14,15)/t7-/m1/s1. The van der Waals surface area contributed by atoms with E-state index < -0.39 is 24.7 Å². The largest absolute Gasteiger partial charge is 0.480 e. The van der Waals surface area contributed by atoms with Crippen LogP contribution in [0.25, 0.3) is 0 Å². The predicted molar refractivity (Wildman–Crippen MR) is 58.9 cm³/mol. The van der Waals surface area contributed by atoms with Crippen molar-refractivity contribution in [1.82, 2.24) is 5.32 Å². The summed E-state index contributed by atoms with van der Waals surface area (Å²) < 4.78 is 9.25. The van der Waals surface area contributed by atoms with Crippen LogP contribution in [-0.2, 0) is 19.1 Å². The summed E-state index contributed by atoms with van der Waals surface area (Å²) in [7, 11) is 0. The number of carboxylic acid groups (broad SMARTS) is 1. The lowest BCUT2D eigenvalue weighted by molar-refractivity contribution is -0.144. The van der Waals surface area contributed by atoms with Crippen LogP contribution in [0.15, 0.2) is 0 Å². The van der Waals surface area contributed by atoms with Gasteiger partial charge in [0.2, 0.25) is 0 Å². The highest BCUT2D eigenvalue weighted by Gasteiger charge is 2.19. The fourth-order valence-corrected chi connectivity index (χ4v) is 0.936. The molecule has 0 unspecified atom stereocenters. The molecule has 0 aliphatic carbocycles. The Hall–Kier alpha value is -1.83. The predicted octanol–water partition coefficient (Wildman–Crippen LogP) is -0.499. The van der Waals surface area contributed by atoms with Crippen LogP contribution in [0, 0.1) is 0 Å². The number of nitrogens with one attached hydrogen (secondary N) is 1. The minimum absolute atomic E-state index is 0.0941. The Morgan fingerprint density at radius 2 is 1.83 bits per heavy atom. The third kappa shape index (κ3) is 7.44. The van der Waals surface area contributed by atoms with Crippen molar-refractivity contribution >= 4 is 18.0 Å². The van der Waals surface area contributed by atoms with E-state index in [9.17, 15) is 14.4 Å². The molecule has 0 aliphatic rings. The number of aliphatic carboxylic acids is 1. The van der Waals surface area contributed by atoms with Gasteiger partial charge in [-0.05, 0) is 6.42 Å². The number of esters is 1. The molecule has 0 fully saturated rings. The number of hydrogen-bond acceptors (Lipinski definition) is 6. The van der Waals surface area contributed by atoms with E-state index in [0.29, 0.717) is 6.42 Å². The zero-order valence-electron chi connectivity index (χ0n) is 10.0. The molecule has 18 heavy (non-hydrogen) atoms. The van der Waals surface area contributed by atoms with E-state index in [1.54, 1.807) is 0 Å². The smallest absolute Gasteiger partial charge is 0.408 e. The molecular formula is C10H17NO7. The summed E-state index contributed by atoms with van der Waals surface area (Å²) in [5.41, 5.74) is 0. The molecule has 0 aromatic rings. The monoisotopic (exact) mass is 263 g/mol. The van der Waals surface area contributed by atoms with Crippen molar-refractivity contribution in [3.63, 3.8) is 0 Å². The molecule has 1 atom stereocenters. The van der Waals surface area contributed by atoms with Crippen LogP contribution in [0.1, 0.15) is 19.8 Å². The molecule has 0 saturated carbocycles. The van der Waals surface area contributed by atoms with Gasteiger partial charge in [-0.15, -0.1) is 0 Å². The number of carbonyl (C=O) groups excluding carboxylic acids is 2. The third-order valence-electron chi connectivity index (χ3n) is 1.81. The second-order valence-corrected chi connectivity index (χ2v) is 3.32. The van der Waals surface area contributed by atoms with Gasteiger partial charge in [-0.1, -0.05) is 6.92 Å². The number of aliphatic hydroxyl groups is 1. The normalized spacial score (nSPS) is 11.4. The van der Waals surface area contributed by atoms with Gasteiger partial charge in [0.1, 0.15) is 13.2 Å². The lowest BCUT2D eigenvalue weighted by Gasteiger charge is -2.11. The maximum Gasteiger partial charge on any atom is 0.408 e. The van der Waals surface area contributed by atoms with Crippen LogP contribution >= 0.6 is 0 Å². The summed E-state index contributed by atoms with van der Waals surface area (Å²) in [4.78, 5) is 32.4. The molecule has 0 aromatic heterocycles. The first-order chi connectivity index (χ1) is 8.51. The van der Waals surface area contributed by atoms with Crippen molar-refractivity contribution in [2.75, 3.05) is 19.8 Å². The maximum atomic E-state index is 11.0. The van der Waals surface area contributed by atoms with E-state index in [2.05, 4.69) is 4.74 Å². The molecule has 0 rings (SSSR count). The lowest BCUT2D eigenvalue weighted by Crippen LogP contribution is -2.43. The Morgan fingerprint density at radius 1 is 1.22 bits per heavy atom. The number of amides is 1. The fourth-order valence-electron chi connectivity index (χ4n) is 0.936. The Labute approximate surface area is 104 Å². The van der Waals surface area contributed by atoms with Gasteiger partial charge in [0.25, 0.3) is 0 Å². The van der Waals surface area contributed by atoms with Gasteiger partial charge in [-0.3, -0.25) is 4.79 Å². The minimum atomic E-state index is -1.42. The number of rotatable bonds is 8. The molecule has 0 radical (unpaired) electrons. The molecule has 0 bridgehead atoms. The van der Waals surface area contributed by atoms with Crippen LogP contribution < -0.4 is 5.32 Å². The molecular weight excluding hydrogens is 246 g/mol. The van der Waals surface area contributed by atoms with Crippen molar-refractivity contribution in [2.24, 2.45) is 0 Å². The molecule has 0 aromatic carbocycles. The van der Waals surface area contributed by atoms with E-state index in [-0.39, 0.29) is 25.6 Å². The molecule has 104 valence electrons. The average molecular weight is 263 g/mol. The second kappa shape index (κ2) is 9.23. The van der Waals surface area contributed by atoms with Crippen LogP contribution in [0.5, 0.6) is 0 Å². The maximum absolute atomic E-state index is 11.0. The number of alkyl carbamates (subject to hydrolysis) is 1. The third-order valence-corrected chi connectivity index (χ3v) is 1.81. The van der Waals surface area contributed by atoms with E-state index in [1.165, 1.54) is 0 Å². The summed E-state index contributed by atoms with van der Waals surface area (Å²) in [6.07, 6.45) is -0.0441. The summed E-state index contributed by atoms with van der Waals surface area (Å²) in [6.45, 7) is 0.810. The molecule has 0 saturated heterocycles. The lowest BCUT2D eigenvalue weighted by atomic mass is 10.3. The van der Waals surface area contributed by atoms with Crippen LogP contribution in [0.2, 0.25) is 0 Å². The van der Waals surface area contributed by atoms with E-state index in [0.717, 1.165) is 0 Å². The second-order valence-electron chi connectivity index (χ2n) is 3.32. The van der Waals surface area contributed by atoms with Crippen molar-refractivity contribution < 1.29 is 34.1 Å². The first kappa shape index (κ1) is 16.2. The minimum Gasteiger partial charge on any atom is -0.480 e. The van der Waals surface area contributed by atoms with Gasteiger partial charge in [0, 0.05) is 6.42 Å². The average Bonchev–Trinajstić information content (AvgIpc) is 2.31. The van der Waals surface area contributed by atoms with Gasteiger partial charge in [-0.2, -0.15) is 0 Å². The quantitative estimate of drug-likeness (QED) is 0.398. The molecule has 0 aliphatic heterocycles. The fraction of sp³-hybridized carbons (Fsp3) is 0.700. The summed E-state index contributed by atoms with van der Waals surface area (Å²) in [5.74, 6) is -1.76. The Morgan fingerprint density at radius 3 is 2.33 bits per heavy atom. The molecule has 8 nitrogen and oxygen atoms in total. The first-order valence-electron chi connectivity index (χ1n) is 5.43. The SMILES string of the molecule is CCCC(=O)OCCOC(=O)N[C@H](CO)C(=O)O. The first-order valence-corrected chi connectivity index (χ1v) is 5.43. The van der Waals surface area contributed by atoms with Gasteiger partial charge in [0.05, 0.1) is 6.61 Å². The van der Waals surface area contributed by atoms with Gasteiger partial charge < -0.3 is 25.0 Å². The van der Waals surface area contributed by atoms with Gasteiger partial charge in [-0.25, -0.2) is 9.59 Å². The van der Waals surface area contributed by atoms with E-state index >= 15 is 0 Å². The summed E-state index contributed by atoms with van der Waals surface area (Å²) in [5, 5.41) is 19.1. The van der Waals surface area contributed by atoms with Gasteiger partial charge >= 0.3 is 18.0 Å². The number of hydrogen-bond donors (Lipinski definition) is 3. The number of carboxylic acids is 1. The number of aliphatic hydroxyl groups excluding tert-OH is 1. The Balaban J connectivity index is 3.71. The van der Waals surface area contributed by atoms with E-state index in [1.807, 2.05) is 12.2 Å². The molecule has 8 heteroatoms. The van der Waals surface area contributed by atoms with Crippen LogP contribution in [-0.4, -0.2) is 54.1 Å². The number of ether oxygens (including phenoxy) is 2. The van der Waals surface area contributed by atoms with Crippen molar-refractivity contribution in [3.05, 3.63) is 0 Å². The zero-order valence-corrected chi connectivity index (χ0v) is 10.0. The highest BCUT2D eigenvalue weighted by Crippen LogP contribution is 1.91. The topological polar surface area (TPSA) is 122 Å². The van der Waals surface area contributed by atoms with Crippen molar-refractivity contribution in [2.45, 2.75) is 25.8 Å². The van der Waals surface area contributed by atoms with E-state index in [4.69, 9.17) is 14.9 Å². The highest BCUT2D eigenvalue weighted by molar-refractivity contribution is 5.79. The van der Waals surface area contributed by atoms with Crippen molar-refractivity contribution in [3.8, 4) is 0 Å².